The maximum Gasteiger partial charge on any atom is 0.393 e. The first-order valence-electron chi connectivity index (χ1n) is 5.87. The van der Waals surface area contributed by atoms with E-state index >= 15 is 0 Å². The first-order chi connectivity index (χ1) is 9.04. The summed E-state index contributed by atoms with van der Waals surface area (Å²) in [5, 5.41) is 2.26. The van der Waals surface area contributed by atoms with Gasteiger partial charge in [0.2, 0.25) is 0 Å². The predicted molar refractivity (Wildman–Crippen MR) is 69.0 cm³/mol. The van der Waals surface area contributed by atoms with Crippen LogP contribution in [0.3, 0.4) is 0 Å². The Bertz CT molecular complexity index is 747. The Morgan fingerprint density at radius 3 is 2.53 bits per heavy atom. The van der Waals surface area contributed by atoms with Crippen LogP contribution in [0.2, 0.25) is 0 Å². The molecule has 0 N–H and O–H groups in total. The molecule has 0 unspecified atom stereocenters. The van der Waals surface area contributed by atoms with E-state index in [0.29, 0.717) is 10.9 Å². The van der Waals surface area contributed by atoms with E-state index in [-0.39, 0.29) is 5.56 Å². The van der Waals surface area contributed by atoms with Gasteiger partial charge < -0.3 is 0 Å². The van der Waals surface area contributed by atoms with Crippen molar-refractivity contribution in [3.05, 3.63) is 54.2 Å². The number of benzene rings is 2. The standard InChI is InChI=1S/C15H10F3N/c16-15(17,18)8-10-5-3-7-13-14(10)12-6-2-1-4-11(12)9-19-13/h1-7,9H,8H2. The second-order valence-corrected chi connectivity index (χ2v) is 4.45. The third-order valence-corrected chi connectivity index (χ3v) is 3.09. The molecule has 96 valence electrons. The number of hydrogen-bond acceptors (Lipinski definition) is 1. The molecule has 0 aliphatic heterocycles. The Kier molecular flexibility index (Phi) is 2.66. The van der Waals surface area contributed by atoms with Crippen molar-refractivity contribution in [2.45, 2.75) is 12.6 Å². The lowest BCUT2D eigenvalue weighted by Gasteiger charge is -2.11. The third kappa shape index (κ3) is 2.26. The highest BCUT2D eigenvalue weighted by molar-refractivity contribution is 6.07. The van der Waals surface area contributed by atoms with E-state index in [9.17, 15) is 13.2 Å². The van der Waals surface area contributed by atoms with Crippen LogP contribution < -0.4 is 0 Å². The summed E-state index contributed by atoms with van der Waals surface area (Å²) in [4.78, 5) is 4.23. The molecule has 0 spiro atoms. The van der Waals surface area contributed by atoms with Crippen LogP contribution in [0.5, 0.6) is 0 Å². The lowest BCUT2D eigenvalue weighted by atomic mass is 10.00. The van der Waals surface area contributed by atoms with Crippen molar-refractivity contribution >= 4 is 21.7 Å². The molecular formula is C15H10F3N. The molecular weight excluding hydrogens is 251 g/mol. The van der Waals surface area contributed by atoms with E-state index in [4.69, 9.17) is 0 Å². The van der Waals surface area contributed by atoms with Crippen LogP contribution in [0.1, 0.15) is 5.56 Å². The van der Waals surface area contributed by atoms with E-state index in [0.717, 1.165) is 10.8 Å². The van der Waals surface area contributed by atoms with Crippen molar-refractivity contribution in [3.8, 4) is 0 Å². The lowest BCUT2D eigenvalue weighted by molar-refractivity contribution is -0.126. The number of alkyl halides is 3. The fraction of sp³-hybridized carbons (Fsp3) is 0.133. The van der Waals surface area contributed by atoms with Gasteiger partial charge in [-0.1, -0.05) is 36.4 Å². The average molecular weight is 261 g/mol. The van der Waals surface area contributed by atoms with Gasteiger partial charge in [0, 0.05) is 17.0 Å². The van der Waals surface area contributed by atoms with Gasteiger partial charge in [-0.3, -0.25) is 4.98 Å². The first kappa shape index (κ1) is 12.0. The number of aromatic nitrogens is 1. The molecule has 19 heavy (non-hydrogen) atoms. The van der Waals surface area contributed by atoms with Gasteiger partial charge in [-0.2, -0.15) is 13.2 Å². The molecule has 0 aliphatic rings. The normalized spacial score (nSPS) is 12.2. The summed E-state index contributed by atoms with van der Waals surface area (Å²) in [6, 6.07) is 12.2. The van der Waals surface area contributed by atoms with Crippen molar-refractivity contribution in [1.82, 2.24) is 4.98 Å². The van der Waals surface area contributed by atoms with Crippen molar-refractivity contribution in [2.75, 3.05) is 0 Å². The summed E-state index contributed by atoms with van der Waals surface area (Å²) in [5.41, 5.74) is 0.870. The van der Waals surface area contributed by atoms with E-state index in [1.807, 2.05) is 24.3 Å². The summed E-state index contributed by atoms with van der Waals surface area (Å²) in [7, 11) is 0. The highest BCUT2D eigenvalue weighted by atomic mass is 19.4. The molecule has 1 heterocycles. The Morgan fingerprint density at radius 2 is 1.74 bits per heavy atom. The zero-order chi connectivity index (χ0) is 13.5. The Morgan fingerprint density at radius 1 is 0.947 bits per heavy atom. The molecule has 0 atom stereocenters. The van der Waals surface area contributed by atoms with Gasteiger partial charge in [-0.25, -0.2) is 0 Å². The molecule has 0 aliphatic carbocycles. The predicted octanol–water partition coefficient (Wildman–Crippen LogP) is 4.49. The van der Waals surface area contributed by atoms with Crippen LogP contribution >= 0.6 is 0 Å². The number of halogens is 3. The molecule has 3 aromatic rings. The summed E-state index contributed by atoms with van der Waals surface area (Å²) >= 11 is 0. The van der Waals surface area contributed by atoms with Gasteiger partial charge in [-0.05, 0) is 17.0 Å². The van der Waals surface area contributed by atoms with Crippen molar-refractivity contribution in [1.29, 1.82) is 0 Å². The smallest absolute Gasteiger partial charge is 0.256 e. The van der Waals surface area contributed by atoms with Gasteiger partial charge in [0.15, 0.2) is 0 Å². The zero-order valence-electron chi connectivity index (χ0n) is 9.91. The minimum Gasteiger partial charge on any atom is -0.256 e. The number of rotatable bonds is 1. The lowest BCUT2D eigenvalue weighted by Crippen LogP contribution is -2.11. The highest BCUT2D eigenvalue weighted by Crippen LogP contribution is 2.30. The third-order valence-electron chi connectivity index (χ3n) is 3.09. The molecule has 2 aromatic carbocycles. The molecule has 0 amide bonds. The quantitative estimate of drug-likeness (QED) is 0.588. The number of fused-ring (bicyclic) bond motifs is 3. The van der Waals surface area contributed by atoms with Crippen molar-refractivity contribution in [3.63, 3.8) is 0 Å². The SMILES string of the molecule is FC(F)(F)Cc1cccc2ncc3ccccc3c12. The van der Waals surface area contributed by atoms with Crippen LogP contribution in [-0.4, -0.2) is 11.2 Å². The molecule has 1 nitrogen and oxygen atoms in total. The summed E-state index contributed by atoms with van der Waals surface area (Å²) in [6.45, 7) is 0. The Balaban J connectivity index is 2.36. The topological polar surface area (TPSA) is 12.9 Å². The van der Waals surface area contributed by atoms with Crippen LogP contribution in [0.4, 0.5) is 13.2 Å². The van der Waals surface area contributed by atoms with E-state index < -0.39 is 12.6 Å². The zero-order valence-corrected chi connectivity index (χ0v) is 9.91. The van der Waals surface area contributed by atoms with Gasteiger partial charge in [0.05, 0.1) is 11.9 Å². The molecule has 1 aromatic heterocycles. The molecule has 0 fully saturated rings. The van der Waals surface area contributed by atoms with Gasteiger partial charge in [0.25, 0.3) is 0 Å². The first-order valence-corrected chi connectivity index (χ1v) is 5.87. The van der Waals surface area contributed by atoms with E-state index in [2.05, 4.69) is 4.98 Å². The minimum absolute atomic E-state index is 0.273. The minimum atomic E-state index is -4.22. The fourth-order valence-corrected chi connectivity index (χ4v) is 2.34. The van der Waals surface area contributed by atoms with Gasteiger partial charge in [-0.15, -0.1) is 0 Å². The van der Waals surface area contributed by atoms with Crippen LogP contribution in [0, 0.1) is 0 Å². The molecule has 3 rings (SSSR count). The molecule has 0 saturated carbocycles. The maximum atomic E-state index is 12.6. The molecule has 4 heteroatoms. The van der Waals surface area contributed by atoms with Crippen LogP contribution in [0.15, 0.2) is 48.7 Å². The number of hydrogen-bond donors (Lipinski definition) is 0. The van der Waals surface area contributed by atoms with E-state index in [1.165, 1.54) is 6.07 Å². The van der Waals surface area contributed by atoms with Gasteiger partial charge >= 0.3 is 6.18 Å². The maximum absolute atomic E-state index is 12.6. The molecule has 0 radical (unpaired) electrons. The Hall–Kier alpha value is -2.10. The van der Waals surface area contributed by atoms with Gasteiger partial charge in [0.1, 0.15) is 0 Å². The van der Waals surface area contributed by atoms with Crippen molar-refractivity contribution < 1.29 is 13.2 Å². The van der Waals surface area contributed by atoms with E-state index in [1.54, 1.807) is 18.3 Å². The van der Waals surface area contributed by atoms with Crippen LogP contribution in [0.25, 0.3) is 21.7 Å². The largest absolute Gasteiger partial charge is 0.393 e. The summed E-state index contributed by atoms with van der Waals surface area (Å²) in [6.07, 6.45) is -3.46. The average Bonchev–Trinajstić information content (AvgIpc) is 2.37. The molecule has 0 saturated heterocycles. The monoisotopic (exact) mass is 261 g/mol. The second kappa shape index (κ2) is 4.23. The number of pyridine rings is 1. The highest BCUT2D eigenvalue weighted by Gasteiger charge is 2.28. The summed E-state index contributed by atoms with van der Waals surface area (Å²) in [5.74, 6) is 0. The van der Waals surface area contributed by atoms with Crippen LogP contribution in [-0.2, 0) is 6.42 Å². The second-order valence-electron chi connectivity index (χ2n) is 4.45. The molecule has 0 bridgehead atoms. The van der Waals surface area contributed by atoms with Crippen molar-refractivity contribution in [2.24, 2.45) is 0 Å². The fourth-order valence-electron chi connectivity index (χ4n) is 2.34. The number of nitrogens with zero attached hydrogens (tertiary/aromatic N) is 1. The Labute approximate surface area is 107 Å². The summed E-state index contributed by atoms with van der Waals surface area (Å²) < 4.78 is 37.9.